The average Bonchev–Trinajstić information content (AvgIpc) is 2.22. The number of nitrogens with two attached hydrogens (primary N) is 1. The molecule has 1 amide bonds. The molecule has 0 spiro atoms. The summed E-state index contributed by atoms with van der Waals surface area (Å²) >= 11 is 6.73. The van der Waals surface area contributed by atoms with E-state index >= 15 is 0 Å². The molecule has 0 unspecified atom stereocenters. The van der Waals surface area contributed by atoms with Crippen molar-refractivity contribution in [1.29, 1.82) is 0 Å². The van der Waals surface area contributed by atoms with Crippen molar-refractivity contribution in [2.45, 2.75) is 25.9 Å². The van der Waals surface area contributed by atoms with Crippen molar-refractivity contribution in [3.05, 3.63) is 21.1 Å². The van der Waals surface area contributed by atoms with Crippen molar-refractivity contribution < 1.29 is 9.53 Å². The summed E-state index contributed by atoms with van der Waals surface area (Å²) in [7, 11) is 1.59. The van der Waals surface area contributed by atoms with Gasteiger partial charge >= 0.3 is 0 Å². The van der Waals surface area contributed by atoms with E-state index in [2.05, 4.69) is 37.2 Å². The van der Waals surface area contributed by atoms with Crippen LogP contribution in [0, 0.1) is 0 Å². The van der Waals surface area contributed by atoms with Gasteiger partial charge in [-0.05, 0) is 57.8 Å². The average molecular weight is 380 g/mol. The standard InChI is InChI=1S/C12H16Br2N2O2/c1-12(2,18-3)6-10(17)16-11-8(13)4-7(15)5-9(11)14/h4-5H,6,15H2,1-3H3,(H,16,17). The number of anilines is 2. The molecular weight excluding hydrogens is 364 g/mol. The molecule has 0 atom stereocenters. The third-order valence-corrected chi connectivity index (χ3v) is 3.72. The molecule has 0 radical (unpaired) electrons. The van der Waals surface area contributed by atoms with E-state index in [1.54, 1.807) is 19.2 Å². The Bertz CT molecular complexity index is 438. The van der Waals surface area contributed by atoms with E-state index in [1.165, 1.54) is 0 Å². The van der Waals surface area contributed by atoms with Crippen molar-refractivity contribution in [3.8, 4) is 0 Å². The van der Waals surface area contributed by atoms with Crippen LogP contribution in [-0.2, 0) is 9.53 Å². The Morgan fingerprint density at radius 2 is 1.89 bits per heavy atom. The summed E-state index contributed by atoms with van der Waals surface area (Å²) in [4.78, 5) is 11.9. The molecule has 0 saturated heterocycles. The molecule has 100 valence electrons. The molecule has 0 aliphatic rings. The number of nitrogens with one attached hydrogen (secondary N) is 1. The Labute approximate surface area is 124 Å². The lowest BCUT2D eigenvalue weighted by Crippen LogP contribution is -2.29. The summed E-state index contributed by atoms with van der Waals surface area (Å²) < 4.78 is 6.69. The van der Waals surface area contributed by atoms with Gasteiger partial charge in [0.1, 0.15) is 0 Å². The van der Waals surface area contributed by atoms with Crippen molar-refractivity contribution >= 4 is 49.1 Å². The lowest BCUT2D eigenvalue weighted by molar-refractivity contribution is -0.121. The van der Waals surface area contributed by atoms with Gasteiger partial charge in [0.15, 0.2) is 0 Å². The van der Waals surface area contributed by atoms with Gasteiger partial charge < -0.3 is 15.8 Å². The van der Waals surface area contributed by atoms with Crippen LogP contribution in [0.15, 0.2) is 21.1 Å². The Morgan fingerprint density at radius 1 is 1.39 bits per heavy atom. The minimum absolute atomic E-state index is 0.118. The van der Waals surface area contributed by atoms with E-state index in [0.717, 1.165) is 8.95 Å². The molecule has 1 rings (SSSR count). The lowest BCUT2D eigenvalue weighted by Gasteiger charge is -2.22. The Morgan fingerprint density at radius 3 is 2.33 bits per heavy atom. The van der Waals surface area contributed by atoms with Crippen LogP contribution in [0.4, 0.5) is 11.4 Å². The van der Waals surface area contributed by atoms with Gasteiger partial charge in [0.25, 0.3) is 0 Å². The fourth-order valence-corrected chi connectivity index (χ4v) is 2.77. The number of hydrogen-bond acceptors (Lipinski definition) is 3. The number of carbonyl (C=O) groups is 1. The minimum atomic E-state index is -0.489. The predicted molar refractivity (Wildman–Crippen MR) is 80.6 cm³/mol. The van der Waals surface area contributed by atoms with Gasteiger partial charge in [-0.25, -0.2) is 0 Å². The van der Waals surface area contributed by atoms with Gasteiger partial charge in [-0.1, -0.05) is 0 Å². The highest BCUT2D eigenvalue weighted by molar-refractivity contribution is 9.11. The van der Waals surface area contributed by atoms with Gasteiger partial charge in [0.2, 0.25) is 5.91 Å². The highest BCUT2D eigenvalue weighted by atomic mass is 79.9. The summed E-state index contributed by atoms with van der Waals surface area (Å²) in [6, 6.07) is 3.48. The summed E-state index contributed by atoms with van der Waals surface area (Å²) in [5.74, 6) is -0.118. The molecule has 1 aromatic carbocycles. The Hall–Kier alpha value is -0.590. The molecular formula is C12H16Br2N2O2. The van der Waals surface area contributed by atoms with Crippen LogP contribution < -0.4 is 11.1 Å². The quantitative estimate of drug-likeness (QED) is 0.786. The van der Waals surface area contributed by atoms with Crippen molar-refractivity contribution in [3.63, 3.8) is 0 Å². The lowest BCUT2D eigenvalue weighted by atomic mass is 10.0. The third kappa shape index (κ3) is 4.26. The van der Waals surface area contributed by atoms with Crippen molar-refractivity contribution in [2.75, 3.05) is 18.2 Å². The molecule has 0 fully saturated rings. The second-order valence-electron chi connectivity index (χ2n) is 4.55. The van der Waals surface area contributed by atoms with E-state index in [-0.39, 0.29) is 12.3 Å². The van der Waals surface area contributed by atoms with Crippen LogP contribution in [0.5, 0.6) is 0 Å². The molecule has 0 aliphatic heterocycles. The van der Waals surface area contributed by atoms with E-state index in [0.29, 0.717) is 11.4 Å². The van der Waals surface area contributed by atoms with Crippen LogP contribution in [0.1, 0.15) is 20.3 Å². The molecule has 0 bridgehead atoms. The maximum absolute atomic E-state index is 11.9. The smallest absolute Gasteiger partial charge is 0.227 e. The second-order valence-corrected chi connectivity index (χ2v) is 6.26. The molecule has 0 saturated carbocycles. The summed E-state index contributed by atoms with van der Waals surface area (Å²) in [5, 5.41) is 2.83. The number of methoxy groups -OCH3 is 1. The van der Waals surface area contributed by atoms with Gasteiger partial charge in [0.05, 0.1) is 17.7 Å². The number of ether oxygens (including phenoxy) is 1. The summed E-state index contributed by atoms with van der Waals surface area (Å²) in [6.45, 7) is 3.72. The van der Waals surface area contributed by atoms with Gasteiger partial charge in [-0.2, -0.15) is 0 Å². The fraction of sp³-hybridized carbons (Fsp3) is 0.417. The Kier molecular flexibility index (Phi) is 5.19. The third-order valence-electron chi connectivity index (χ3n) is 2.47. The first-order valence-electron chi connectivity index (χ1n) is 5.34. The number of rotatable bonds is 4. The summed E-state index contributed by atoms with van der Waals surface area (Å²) in [6.07, 6.45) is 0.271. The van der Waals surface area contributed by atoms with Crippen LogP contribution in [0.25, 0.3) is 0 Å². The normalized spacial score (nSPS) is 11.4. The van der Waals surface area contributed by atoms with Crippen molar-refractivity contribution in [1.82, 2.24) is 0 Å². The van der Waals surface area contributed by atoms with Crippen LogP contribution in [-0.4, -0.2) is 18.6 Å². The zero-order valence-corrected chi connectivity index (χ0v) is 13.7. The highest BCUT2D eigenvalue weighted by Crippen LogP contribution is 2.33. The fourth-order valence-electron chi connectivity index (χ4n) is 1.35. The Balaban J connectivity index is 2.83. The van der Waals surface area contributed by atoms with E-state index < -0.39 is 5.60 Å². The maximum Gasteiger partial charge on any atom is 0.227 e. The highest BCUT2D eigenvalue weighted by Gasteiger charge is 2.22. The molecule has 0 aliphatic carbocycles. The number of hydrogen-bond donors (Lipinski definition) is 2. The first kappa shape index (κ1) is 15.5. The maximum atomic E-state index is 11.9. The van der Waals surface area contributed by atoms with Gasteiger partial charge in [-0.3, -0.25) is 4.79 Å². The van der Waals surface area contributed by atoms with Crippen molar-refractivity contribution in [2.24, 2.45) is 0 Å². The van der Waals surface area contributed by atoms with E-state index in [1.807, 2.05) is 13.8 Å². The molecule has 18 heavy (non-hydrogen) atoms. The minimum Gasteiger partial charge on any atom is -0.399 e. The monoisotopic (exact) mass is 378 g/mol. The van der Waals surface area contributed by atoms with E-state index in [4.69, 9.17) is 10.5 Å². The number of halogens is 2. The van der Waals surface area contributed by atoms with Crippen LogP contribution >= 0.6 is 31.9 Å². The largest absolute Gasteiger partial charge is 0.399 e. The SMILES string of the molecule is COC(C)(C)CC(=O)Nc1c(Br)cc(N)cc1Br. The van der Waals surface area contributed by atoms with Crippen LogP contribution in [0.2, 0.25) is 0 Å². The van der Waals surface area contributed by atoms with Gasteiger partial charge in [-0.15, -0.1) is 0 Å². The number of nitrogen functional groups attached to an aromatic ring is 1. The van der Waals surface area contributed by atoms with E-state index in [9.17, 15) is 4.79 Å². The zero-order valence-electron chi connectivity index (χ0n) is 10.5. The molecule has 6 heteroatoms. The number of benzene rings is 1. The topological polar surface area (TPSA) is 64.3 Å². The second kappa shape index (κ2) is 6.04. The number of amides is 1. The molecule has 1 aromatic rings. The first-order valence-corrected chi connectivity index (χ1v) is 6.93. The van der Waals surface area contributed by atoms with Crippen LogP contribution in [0.3, 0.4) is 0 Å². The molecule has 0 aromatic heterocycles. The van der Waals surface area contributed by atoms with Gasteiger partial charge in [0, 0.05) is 21.7 Å². The molecule has 4 nitrogen and oxygen atoms in total. The number of carbonyl (C=O) groups excluding carboxylic acids is 1. The predicted octanol–water partition coefficient (Wildman–Crippen LogP) is 3.55. The zero-order chi connectivity index (χ0) is 13.9. The molecule has 0 heterocycles. The molecule has 3 N–H and O–H groups in total. The first-order chi connectivity index (χ1) is 8.25. The summed E-state index contributed by atoms with van der Waals surface area (Å²) in [5.41, 5.74) is 6.48.